The normalized spacial score (nSPS) is 15.4. The van der Waals surface area contributed by atoms with Crippen LogP contribution in [0.4, 0.5) is 5.69 Å². The van der Waals surface area contributed by atoms with Crippen LogP contribution >= 0.6 is 24.0 Å². The quantitative estimate of drug-likeness (QED) is 0.747. The molecule has 0 spiro atoms. The van der Waals surface area contributed by atoms with E-state index in [1.807, 2.05) is 6.07 Å². The number of aromatic nitrogens is 1. The summed E-state index contributed by atoms with van der Waals surface area (Å²) in [6, 6.07) is 5.48. The number of halogens is 2. The van der Waals surface area contributed by atoms with Crippen LogP contribution in [0.1, 0.15) is 26.2 Å². The molecule has 1 aromatic carbocycles. The van der Waals surface area contributed by atoms with Crippen LogP contribution in [0.5, 0.6) is 0 Å². The minimum absolute atomic E-state index is 0. The zero-order valence-electron chi connectivity index (χ0n) is 14.4. The molecule has 0 unspecified atom stereocenters. The van der Waals surface area contributed by atoms with Gasteiger partial charge in [-0.25, -0.2) is 12.4 Å². The molecule has 1 saturated heterocycles. The number of nitrogens with one attached hydrogen (secondary N) is 1. The Balaban J connectivity index is 0.00000225. The van der Waals surface area contributed by atoms with Gasteiger partial charge >= 0.3 is 0 Å². The van der Waals surface area contributed by atoms with Gasteiger partial charge in [0.2, 0.25) is 10.0 Å². The van der Waals surface area contributed by atoms with E-state index in [1.165, 1.54) is 3.97 Å². The summed E-state index contributed by atoms with van der Waals surface area (Å²) in [4.78, 5) is 2.23. The zero-order chi connectivity index (χ0) is 17.2. The van der Waals surface area contributed by atoms with Crippen molar-refractivity contribution in [1.29, 1.82) is 0 Å². The molecule has 1 aromatic heterocycles. The predicted molar refractivity (Wildman–Crippen MR) is 108 cm³/mol. The van der Waals surface area contributed by atoms with Gasteiger partial charge in [0.05, 0.1) is 22.0 Å². The minimum atomic E-state index is -3.33. The topological polar surface area (TPSA) is 54.3 Å². The van der Waals surface area contributed by atoms with Crippen molar-refractivity contribution in [2.24, 2.45) is 0 Å². The summed E-state index contributed by atoms with van der Waals surface area (Å²) < 4.78 is 26.7. The van der Waals surface area contributed by atoms with Crippen molar-refractivity contribution in [2.75, 3.05) is 36.8 Å². The summed E-state index contributed by atoms with van der Waals surface area (Å²) in [7, 11) is -3.33. The van der Waals surface area contributed by atoms with Crippen molar-refractivity contribution in [3.8, 4) is 0 Å². The second kappa shape index (κ2) is 8.62. The zero-order valence-corrected chi connectivity index (χ0v) is 16.8. The van der Waals surface area contributed by atoms with Gasteiger partial charge < -0.3 is 10.2 Å². The Morgan fingerprint density at radius 3 is 2.56 bits per heavy atom. The van der Waals surface area contributed by atoms with Crippen molar-refractivity contribution in [1.82, 2.24) is 9.29 Å². The van der Waals surface area contributed by atoms with E-state index in [0.717, 1.165) is 50.1 Å². The van der Waals surface area contributed by atoms with Crippen molar-refractivity contribution in [2.45, 2.75) is 26.2 Å². The third kappa shape index (κ3) is 4.25. The second-order valence-corrected chi connectivity index (χ2v) is 8.57. The Bertz CT molecular complexity index is 815. The highest BCUT2D eigenvalue weighted by Crippen LogP contribution is 2.35. The summed E-state index contributed by atoms with van der Waals surface area (Å²) >= 11 is 6.44. The van der Waals surface area contributed by atoms with Gasteiger partial charge in [-0.1, -0.05) is 31.4 Å². The lowest BCUT2D eigenvalue weighted by atomic mass is 10.2. The smallest absolute Gasteiger partial charge is 0.238 e. The summed E-state index contributed by atoms with van der Waals surface area (Å²) in [6.45, 7) is 5.62. The Kier molecular flexibility index (Phi) is 7.02. The van der Waals surface area contributed by atoms with E-state index >= 15 is 0 Å². The maximum Gasteiger partial charge on any atom is 0.238 e. The number of anilines is 1. The van der Waals surface area contributed by atoms with Crippen LogP contribution in [0.3, 0.4) is 0 Å². The number of piperazine rings is 1. The molecule has 1 fully saturated rings. The number of unbranched alkanes of at least 4 members (excludes halogenated alkanes) is 2. The van der Waals surface area contributed by atoms with Crippen molar-refractivity contribution in [3.63, 3.8) is 0 Å². The van der Waals surface area contributed by atoms with E-state index in [4.69, 9.17) is 11.6 Å². The van der Waals surface area contributed by atoms with Crippen LogP contribution in [-0.2, 0) is 10.0 Å². The number of hydrogen-bond donors (Lipinski definition) is 1. The highest BCUT2D eigenvalue weighted by molar-refractivity contribution is 7.90. The predicted octanol–water partition coefficient (Wildman–Crippen LogP) is 3.49. The number of hydrogen-bond acceptors (Lipinski definition) is 4. The van der Waals surface area contributed by atoms with Gasteiger partial charge in [0.25, 0.3) is 0 Å². The Hall–Kier alpha value is -0.950. The average molecular weight is 406 g/mol. The first-order valence-corrected chi connectivity index (χ1v) is 10.5. The summed E-state index contributed by atoms with van der Waals surface area (Å²) in [5.74, 6) is 0.177. The molecule has 0 atom stereocenters. The first kappa shape index (κ1) is 20.4. The van der Waals surface area contributed by atoms with Crippen LogP contribution in [-0.4, -0.2) is 44.3 Å². The largest absolute Gasteiger partial charge is 0.367 e. The lowest BCUT2D eigenvalue weighted by Gasteiger charge is -2.30. The van der Waals surface area contributed by atoms with Crippen LogP contribution in [0.25, 0.3) is 10.9 Å². The molecule has 0 bridgehead atoms. The molecule has 0 aliphatic carbocycles. The maximum absolute atomic E-state index is 12.7. The van der Waals surface area contributed by atoms with Gasteiger partial charge in [-0.3, -0.25) is 0 Å². The van der Waals surface area contributed by atoms with Crippen LogP contribution in [0.15, 0.2) is 24.4 Å². The van der Waals surface area contributed by atoms with E-state index in [0.29, 0.717) is 17.0 Å². The Labute approximate surface area is 160 Å². The molecule has 25 heavy (non-hydrogen) atoms. The summed E-state index contributed by atoms with van der Waals surface area (Å²) in [5, 5.41) is 4.90. The minimum Gasteiger partial charge on any atom is -0.367 e. The highest BCUT2D eigenvalue weighted by Gasteiger charge is 2.21. The first-order valence-electron chi connectivity index (χ1n) is 8.53. The number of fused-ring (bicyclic) bond motifs is 1. The number of rotatable bonds is 6. The van der Waals surface area contributed by atoms with Crippen molar-refractivity contribution in [3.05, 3.63) is 29.4 Å². The SMILES string of the molecule is CCCCCS(=O)(=O)n1ccc2c(N3CCNCC3)c(Cl)ccc21.Cl. The molecule has 1 N–H and O–H groups in total. The van der Waals surface area contributed by atoms with E-state index in [1.54, 1.807) is 18.3 Å². The number of benzene rings is 1. The Morgan fingerprint density at radius 2 is 1.88 bits per heavy atom. The first-order chi connectivity index (χ1) is 11.5. The maximum atomic E-state index is 12.7. The average Bonchev–Trinajstić information content (AvgIpc) is 3.00. The molecule has 0 amide bonds. The lowest BCUT2D eigenvalue weighted by Crippen LogP contribution is -2.43. The van der Waals surface area contributed by atoms with Gasteiger partial charge in [-0.2, -0.15) is 0 Å². The molecular weight excluding hydrogens is 381 g/mol. The van der Waals surface area contributed by atoms with E-state index < -0.39 is 10.0 Å². The van der Waals surface area contributed by atoms with Crippen molar-refractivity contribution >= 4 is 50.6 Å². The molecule has 2 heterocycles. The fourth-order valence-electron chi connectivity index (χ4n) is 3.24. The van der Waals surface area contributed by atoms with Gasteiger partial charge in [0.15, 0.2) is 0 Å². The molecule has 0 radical (unpaired) electrons. The second-order valence-electron chi connectivity index (χ2n) is 6.20. The van der Waals surface area contributed by atoms with Crippen LogP contribution in [0.2, 0.25) is 5.02 Å². The molecule has 1 aliphatic rings. The lowest BCUT2D eigenvalue weighted by molar-refractivity contribution is 0.584. The molecule has 2 aromatic rings. The van der Waals surface area contributed by atoms with Gasteiger partial charge in [-0.15, -0.1) is 12.4 Å². The molecule has 5 nitrogen and oxygen atoms in total. The van der Waals surface area contributed by atoms with Gasteiger partial charge in [-0.05, 0) is 24.6 Å². The molecular formula is C17H25Cl2N3O2S. The fraction of sp³-hybridized carbons (Fsp3) is 0.529. The monoisotopic (exact) mass is 405 g/mol. The van der Waals surface area contributed by atoms with E-state index in [9.17, 15) is 8.42 Å². The third-order valence-electron chi connectivity index (χ3n) is 4.50. The highest BCUT2D eigenvalue weighted by atomic mass is 35.5. The van der Waals surface area contributed by atoms with Gasteiger partial charge in [0.1, 0.15) is 0 Å². The van der Waals surface area contributed by atoms with Crippen molar-refractivity contribution < 1.29 is 8.42 Å². The van der Waals surface area contributed by atoms with E-state index in [-0.39, 0.29) is 18.2 Å². The Morgan fingerprint density at radius 1 is 1.16 bits per heavy atom. The summed E-state index contributed by atoms with van der Waals surface area (Å²) in [5.41, 5.74) is 1.66. The molecule has 140 valence electrons. The molecule has 0 saturated carbocycles. The van der Waals surface area contributed by atoms with E-state index in [2.05, 4.69) is 17.1 Å². The van der Waals surface area contributed by atoms with Crippen LogP contribution in [0, 0.1) is 0 Å². The third-order valence-corrected chi connectivity index (χ3v) is 6.52. The summed E-state index contributed by atoms with van der Waals surface area (Å²) in [6.07, 6.45) is 4.28. The fourth-order valence-corrected chi connectivity index (χ4v) is 4.99. The number of nitrogens with zero attached hydrogens (tertiary/aromatic N) is 2. The molecule has 1 aliphatic heterocycles. The molecule has 3 rings (SSSR count). The van der Waals surface area contributed by atoms with Gasteiger partial charge in [0, 0.05) is 37.8 Å². The van der Waals surface area contributed by atoms with Crippen LogP contribution < -0.4 is 10.2 Å². The molecule has 8 heteroatoms. The standard InChI is InChI=1S/C17H24ClN3O2S.ClH/c1-2-3-4-13-24(22,23)21-10-7-14-16(21)6-5-15(18)17(14)20-11-8-19-9-12-20;/h5-7,10,19H,2-4,8-9,11-13H2,1H3;1H.